The monoisotopic (exact) mass is 501 g/mol. The Balaban J connectivity index is 1.40. The van der Waals surface area contributed by atoms with Crippen LogP contribution in [0.2, 0.25) is 5.02 Å². The molecule has 3 atom stereocenters. The SMILES string of the molecule is CC(=O)N1CC2CC1CN2C(=O)[C@@H](Cc1ccc(F)cc1F)NC(=O)c1cc2cc(Cl)cnc2[nH]1. The van der Waals surface area contributed by atoms with Gasteiger partial charge in [-0.3, -0.25) is 14.4 Å². The van der Waals surface area contributed by atoms with E-state index in [1.165, 1.54) is 19.2 Å². The second-order valence-electron chi connectivity index (χ2n) is 8.95. The zero-order valence-corrected chi connectivity index (χ0v) is 19.5. The maximum Gasteiger partial charge on any atom is 0.268 e. The summed E-state index contributed by atoms with van der Waals surface area (Å²) in [5.41, 5.74) is 0.718. The van der Waals surface area contributed by atoms with Gasteiger partial charge in [0.25, 0.3) is 5.91 Å². The van der Waals surface area contributed by atoms with Crippen LogP contribution in [-0.4, -0.2) is 68.7 Å². The number of fused-ring (bicyclic) bond motifs is 3. The van der Waals surface area contributed by atoms with Crippen molar-refractivity contribution in [1.82, 2.24) is 25.1 Å². The first kappa shape index (κ1) is 23.2. The highest BCUT2D eigenvalue weighted by Gasteiger charge is 2.47. The molecule has 11 heteroatoms. The molecule has 8 nitrogen and oxygen atoms in total. The third kappa shape index (κ3) is 4.45. The second kappa shape index (κ2) is 8.92. The van der Waals surface area contributed by atoms with Gasteiger partial charge < -0.3 is 20.1 Å². The zero-order valence-electron chi connectivity index (χ0n) is 18.7. The molecule has 2 bridgehead atoms. The van der Waals surface area contributed by atoms with Crippen LogP contribution < -0.4 is 5.32 Å². The number of aromatic amines is 1. The lowest BCUT2D eigenvalue weighted by Crippen LogP contribution is -2.56. The lowest BCUT2D eigenvalue weighted by atomic mass is 10.0. The van der Waals surface area contributed by atoms with Crippen LogP contribution >= 0.6 is 11.6 Å². The summed E-state index contributed by atoms with van der Waals surface area (Å²) < 4.78 is 27.8. The van der Waals surface area contributed by atoms with Gasteiger partial charge in [-0.1, -0.05) is 17.7 Å². The highest BCUT2D eigenvalue weighted by Crippen LogP contribution is 2.31. The summed E-state index contributed by atoms with van der Waals surface area (Å²) in [6.45, 7) is 2.26. The average molecular weight is 502 g/mol. The number of amides is 3. The Morgan fingerprint density at radius 2 is 1.91 bits per heavy atom. The molecule has 3 amide bonds. The topological polar surface area (TPSA) is 98.4 Å². The molecule has 35 heavy (non-hydrogen) atoms. The Morgan fingerprint density at radius 3 is 2.60 bits per heavy atom. The Labute approximate surface area is 204 Å². The van der Waals surface area contributed by atoms with Crippen molar-refractivity contribution >= 4 is 40.4 Å². The van der Waals surface area contributed by atoms with Crippen LogP contribution in [-0.2, 0) is 16.0 Å². The van der Waals surface area contributed by atoms with Gasteiger partial charge in [0.2, 0.25) is 11.8 Å². The highest BCUT2D eigenvalue weighted by molar-refractivity contribution is 6.31. The first-order valence-corrected chi connectivity index (χ1v) is 11.5. The van der Waals surface area contributed by atoms with Crippen molar-refractivity contribution in [3.05, 3.63) is 64.4 Å². The van der Waals surface area contributed by atoms with Crippen LogP contribution in [0.15, 0.2) is 36.5 Å². The molecule has 2 fully saturated rings. The molecule has 2 unspecified atom stereocenters. The summed E-state index contributed by atoms with van der Waals surface area (Å²) in [7, 11) is 0. The lowest BCUT2D eigenvalue weighted by Gasteiger charge is -2.35. The van der Waals surface area contributed by atoms with Crippen LogP contribution in [0, 0.1) is 11.6 Å². The minimum Gasteiger partial charge on any atom is -0.339 e. The van der Waals surface area contributed by atoms with E-state index in [-0.39, 0.29) is 41.6 Å². The third-order valence-electron chi connectivity index (χ3n) is 6.65. The van der Waals surface area contributed by atoms with Crippen molar-refractivity contribution in [1.29, 1.82) is 0 Å². The number of benzene rings is 1. The number of carbonyl (C=O) groups is 3. The quantitative estimate of drug-likeness (QED) is 0.561. The van der Waals surface area contributed by atoms with Crippen molar-refractivity contribution in [3.8, 4) is 0 Å². The molecule has 0 radical (unpaired) electrons. The number of aromatic nitrogens is 2. The fourth-order valence-corrected chi connectivity index (χ4v) is 5.14. The molecule has 2 saturated heterocycles. The number of hydrogen-bond donors (Lipinski definition) is 2. The van der Waals surface area contributed by atoms with Gasteiger partial charge in [0.15, 0.2) is 0 Å². The van der Waals surface area contributed by atoms with E-state index in [1.54, 1.807) is 21.9 Å². The number of H-pyrrole nitrogens is 1. The minimum absolute atomic E-state index is 0.0460. The first-order chi connectivity index (χ1) is 16.7. The van der Waals surface area contributed by atoms with Gasteiger partial charge in [-0.2, -0.15) is 0 Å². The minimum atomic E-state index is -1.10. The molecule has 0 saturated carbocycles. The van der Waals surface area contributed by atoms with E-state index in [2.05, 4.69) is 15.3 Å². The Morgan fingerprint density at radius 1 is 1.17 bits per heavy atom. The number of likely N-dealkylation sites (tertiary alicyclic amines) is 2. The number of carbonyl (C=O) groups excluding carboxylic acids is 3. The fourth-order valence-electron chi connectivity index (χ4n) is 4.98. The standard InChI is InChI=1S/C24H22ClF2N5O3/c1-12(33)31-10-18-8-17(31)11-32(18)24(35)21(5-13-2-3-16(26)7-19(13)27)30-23(34)20-6-14-4-15(25)9-28-22(14)29-20/h2-4,6-7,9,17-18,21H,5,8,10-11H2,1H3,(H,28,29)(H,30,34)/t17?,18?,21-/m1/s1. The summed E-state index contributed by atoms with van der Waals surface area (Å²) in [6, 6.07) is 4.97. The highest BCUT2D eigenvalue weighted by atomic mass is 35.5. The van der Waals surface area contributed by atoms with Crippen LogP contribution in [0.25, 0.3) is 11.0 Å². The Kier molecular flexibility index (Phi) is 5.92. The average Bonchev–Trinajstić information content (AvgIpc) is 3.53. The van der Waals surface area contributed by atoms with E-state index in [0.717, 1.165) is 12.1 Å². The second-order valence-corrected chi connectivity index (χ2v) is 9.38. The van der Waals surface area contributed by atoms with Gasteiger partial charge in [-0.25, -0.2) is 13.8 Å². The van der Waals surface area contributed by atoms with E-state index in [4.69, 9.17) is 11.6 Å². The number of halogens is 3. The van der Waals surface area contributed by atoms with Crippen LogP contribution in [0.1, 0.15) is 29.4 Å². The number of hydrogen-bond acceptors (Lipinski definition) is 4. The molecule has 5 rings (SSSR count). The maximum absolute atomic E-state index is 14.4. The van der Waals surface area contributed by atoms with Gasteiger partial charge in [0.05, 0.1) is 17.1 Å². The molecule has 2 N–H and O–H groups in total. The first-order valence-electron chi connectivity index (χ1n) is 11.2. The Hall–Kier alpha value is -3.53. The fraction of sp³-hybridized carbons (Fsp3) is 0.333. The van der Waals surface area contributed by atoms with Crippen molar-refractivity contribution in [3.63, 3.8) is 0 Å². The van der Waals surface area contributed by atoms with Crippen molar-refractivity contribution in [2.24, 2.45) is 0 Å². The molecule has 0 aliphatic carbocycles. The van der Waals surface area contributed by atoms with Crippen LogP contribution in [0.4, 0.5) is 8.78 Å². The normalized spacial score (nSPS) is 19.9. The van der Waals surface area contributed by atoms with Gasteiger partial charge >= 0.3 is 0 Å². The van der Waals surface area contributed by atoms with E-state index in [9.17, 15) is 23.2 Å². The number of pyridine rings is 1. The summed E-state index contributed by atoms with van der Waals surface area (Å²) in [6.07, 6.45) is 1.94. The molecule has 1 aromatic carbocycles. The molecule has 2 aliphatic heterocycles. The molecule has 3 aromatic rings. The number of piperazine rings is 1. The van der Waals surface area contributed by atoms with Gasteiger partial charge in [0.1, 0.15) is 29.0 Å². The molecule has 0 spiro atoms. The third-order valence-corrected chi connectivity index (χ3v) is 6.86. The summed E-state index contributed by atoms with van der Waals surface area (Å²) in [5.74, 6) is -2.53. The van der Waals surface area contributed by atoms with E-state index < -0.39 is 23.6 Å². The maximum atomic E-state index is 14.4. The molecule has 4 heterocycles. The molecule has 2 aliphatic rings. The predicted molar refractivity (Wildman–Crippen MR) is 124 cm³/mol. The van der Waals surface area contributed by atoms with Crippen LogP contribution in [0.3, 0.4) is 0 Å². The Bertz CT molecular complexity index is 1350. The molecular weight excluding hydrogens is 480 g/mol. The smallest absolute Gasteiger partial charge is 0.268 e. The molecular formula is C24H22ClF2N5O3. The van der Waals surface area contributed by atoms with E-state index in [1.807, 2.05) is 0 Å². The molecule has 182 valence electrons. The van der Waals surface area contributed by atoms with Crippen molar-refractivity contribution in [2.75, 3.05) is 13.1 Å². The summed E-state index contributed by atoms with van der Waals surface area (Å²) in [4.78, 5) is 48.9. The van der Waals surface area contributed by atoms with Crippen LogP contribution in [0.5, 0.6) is 0 Å². The predicted octanol–water partition coefficient (Wildman–Crippen LogP) is 2.67. The number of nitrogens with one attached hydrogen (secondary N) is 2. The largest absolute Gasteiger partial charge is 0.339 e. The van der Waals surface area contributed by atoms with Crippen molar-refractivity contribution < 1.29 is 23.2 Å². The van der Waals surface area contributed by atoms with Gasteiger partial charge in [-0.05, 0) is 30.2 Å². The number of rotatable bonds is 5. The molecule has 2 aromatic heterocycles. The van der Waals surface area contributed by atoms with Gasteiger partial charge in [0, 0.05) is 44.1 Å². The zero-order chi connectivity index (χ0) is 24.9. The number of nitrogens with zero attached hydrogens (tertiary/aromatic N) is 3. The van der Waals surface area contributed by atoms with E-state index >= 15 is 0 Å². The van der Waals surface area contributed by atoms with E-state index in [0.29, 0.717) is 35.6 Å². The lowest BCUT2D eigenvalue weighted by molar-refractivity contribution is -0.140. The summed E-state index contributed by atoms with van der Waals surface area (Å²) >= 11 is 5.97. The van der Waals surface area contributed by atoms with Crippen molar-refractivity contribution in [2.45, 2.75) is 37.9 Å². The van der Waals surface area contributed by atoms with Gasteiger partial charge in [-0.15, -0.1) is 0 Å². The summed E-state index contributed by atoms with van der Waals surface area (Å²) in [5, 5.41) is 3.74.